The summed E-state index contributed by atoms with van der Waals surface area (Å²) in [5.74, 6) is 0.974. The topological polar surface area (TPSA) is 24.8 Å². The van der Waals surface area contributed by atoms with Gasteiger partial charge in [-0.15, -0.1) is 11.3 Å². The maximum atomic E-state index is 6.46. The third-order valence-corrected chi connectivity index (χ3v) is 6.12. The van der Waals surface area contributed by atoms with Crippen molar-refractivity contribution in [3.05, 3.63) is 87.1 Å². The van der Waals surface area contributed by atoms with E-state index in [1.165, 1.54) is 27.1 Å². The van der Waals surface area contributed by atoms with Gasteiger partial charge in [-0.25, -0.2) is 5.01 Å². The third-order valence-electron chi connectivity index (χ3n) is 5.21. The van der Waals surface area contributed by atoms with Crippen molar-refractivity contribution in [3.8, 4) is 5.75 Å². The number of nitrogens with zero attached hydrogens (tertiary/aromatic N) is 2. The Hall–Kier alpha value is -2.59. The summed E-state index contributed by atoms with van der Waals surface area (Å²) in [6.07, 6.45) is 0.731. The molecule has 130 valence electrons. The Balaban J connectivity index is 1.64. The van der Waals surface area contributed by atoms with Crippen molar-refractivity contribution in [1.82, 2.24) is 5.01 Å². The number of thiophene rings is 1. The Morgan fingerprint density at radius 3 is 2.77 bits per heavy atom. The zero-order chi connectivity index (χ0) is 17.7. The van der Waals surface area contributed by atoms with Crippen LogP contribution in [0.1, 0.15) is 45.8 Å². The molecule has 4 heteroatoms. The summed E-state index contributed by atoms with van der Waals surface area (Å²) in [4.78, 5) is 1.25. The Morgan fingerprint density at radius 2 is 1.92 bits per heavy atom. The Morgan fingerprint density at radius 1 is 1.04 bits per heavy atom. The Kier molecular flexibility index (Phi) is 3.61. The van der Waals surface area contributed by atoms with E-state index >= 15 is 0 Å². The minimum absolute atomic E-state index is 0.188. The van der Waals surface area contributed by atoms with Gasteiger partial charge < -0.3 is 4.74 Å². The highest BCUT2D eigenvalue weighted by Gasteiger charge is 2.41. The van der Waals surface area contributed by atoms with Crippen LogP contribution in [0.4, 0.5) is 0 Å². The van der Waals surface area contributed by atoms with Gasteiger partial charge in [0.05, 0.1) is 16.6 Å². The molecule has 5 rings (SSSR count). The molecule has 1 aromatic heterocycles. The molecule has 0 N–H and O–H groups in total. The second kappa shape index (κ2) is 5.99. The van der Waals surface area contributed by atoms with Crippen molar-refractivity contribution in [2.24, 2.45) is 5.10 Å². The molecule has 2 aliphatic rings. The number of fused-ring (bicyclic) bond motifs is 3. The summed E-state index contributed by atoms with van der Waals surface area (Å²) in [6, 6.07) is 19.4. The maximum absolute atomic E-state index is 6.46. The predicted molar refractivity (Wildman–Crippen MR) is 106 cm³/mol. The molecule has 0 spiro atoms. The van der Waals surface area contributed by atoms with Gasteiger partial charge in [0.25, 0.3) is 0 Å². The quantitative estimate of drug-likeness (QED) is 0.593. The zero-order valence-corrected chi connectivity index (χ0v) is 15.7. The van der Waals surface area contributed by atoms with Gasteiger partial charge in [-0.2, -0.15) is 5.10 Å². The molecular weight excluding hydrogens is 340 g/mol. The molecular formula is C22H20N2OS. The number of hydrogen-bond donors (Lipinski definition) is 0. The molecule has 0 aliphatic carbocycles. The van der Waals surface area contributed by atoms with E-state index in [0.29, 0.717) is 0 Å². The number of hydrazone groups is 1. The fraction of sp³-hybridized carbons (Fsp3) is 0.227. The molecule has 2 aliphatic heterocycles. The van der Waals surface area contributed by atoms with Crippen LogP contribution in [0, 0.1) is 13.8 Å². The largest absolute Gasteiger partial charge is 0.464 e. The first kappa shape index (κ1) is 15.6. The minimum atomic E-state index is -0.188. The second-order valence-corrected chi connectivity index (χ2v) is 7.94. The molecule has 0 fully saturated rings. The number of benzene rings is 2. The van der Waals surface area contributed by atoms with Crippen molar-refractivity contribution < 1.29 is 4.74 Å². The second-order valence-electron chi connectivity index (χ2n) is 6.99. The van der Waals surface area contributed by atoms with E-state index < -0.39 is 0 Å². The molecule has 2 atom stereocenters. The average molecular weight is 360 g/mol. The number of aryl methyl sites for hydroxylation is 2. The molecule has 26 heavy (non-hydrogen) atoms. The van der Waals surface area contributed by atoms with Crippen LogP contribution in [0.5, 0.6) is 5.75 Å². The molecule has 0 amide bonds. The SMILES string of the molecule is Cc1ccc(C)c(C2Oc3ccccc3C3CC(c4cccs4)=NN32)c1. The lowest BCUT2D eigenvalue weighted by molar-refractivity contribution is -0.0194. The van der Waals surface area contributed by atoms with Crippen molar-refractivity contribution in [1.29, 1.82) is 0 Å². The van der Waals surface area contributed by atoms with Gasteiger partial charge >= 0.3 is 0 Å². The zero-order valence-electron chi connectivity index (χ0n) is 14.8. The van der Waals surface area contributed by atoms with E-state index in [1.807, 2.05) is 6.07 Å². The highest BCUT2D eigenvalue weighted by molar-refractivity contribution is 7.12. The summed E-state index contributed by atoms with van der Waals surface area (Å²) >= 11 is 1.75. The third kappa shape index (κ3) is 2.44. The van der Waals surface area contributed by atoms with Crippen LogP contribution in [0.25, 0.3) is 0 Å². The molecule has 3 aromatic rings. The highest BCUT2D eigenvalue weighted by atomic mass is 32.1. The molecule has 2 aromatic carbocycles. The molecule has 3 heterocycles. The lowest BCUT2D eigenvalue weighted by atomic mass is 9.96. The van der Waals surface area contributed by atoms with Gasteiger partial charge in [-0.1, -0.05) is 48.0 Å². The van der Waals surface area contributed by atoms with E-state index in [2.05, 4.69) is 72.8 Å². The van der Waals surface area contributed by atoms with E-state index in [0.717, 1.165) is 17.9 Å². The molecule has 2 unspecified atom stereocenters. The van der Waals surface area contributed by atoms with Crippen molar-refractivity contribution in [2.45, 2.75) is 32.5 Å². The summed E-state index contributed by atoms with van der Waals surface area (Å²) in [5.41, 5.74) is 6.05. The van der Waals surface area contributed by atoms with Gasteiger partial charge in [-0.3, -0.25) is 0 Å². The predicted octanol–water partition coefficient (Wildman–Crippen LogP) is 5.61. The molecule has 0 saturated heterocycles. The van der Waals surface area contributed by atoms with Gasteiger partial charge in [0.1, 0.15) is 5.75 Å². The Bertz CT molecular complexity index is 993. The van der Waals surface area contributed by atoms with Crippen molar-refractivity contribution >= 4 is 17.0 Å². The summed E-state index contributed by atoms with van der Waals surface area (Å²) in [6.45, 7) is 4.27. The first-order chi connectivity index (χ1) is 12.7. The fourth-order valence-electron chi connectivity index (χ4n) is 3.86. The highest BCUT2D eigenvalue weighted by Crippen LogP contribution is 2.48. The summed E-state index contributed by atoms with van der Waals surface area (Å²) in [5, 5.41) is 9.29. The van der Waals surface area contributed by atoms with Crippen LogP contribution in [-0.2, 0) is 0 Å². The summed E-state index contributed by atoms with van der Waals surface area (Å²) in [7, 11) is 0. The lowest BCUT2D eigenvalue weighted by Crippen LogP contribution is -2.34. The van der Waals surface area contributed by atoms with Crippen LogP contribution in [0.3, 0.4) is 0 Å². The van der Waals surface area contributed by atoms with Crippen molar-refractivity contribution in [2.75, 3.05) is 0 Å². The van der Waals surface area contributed by atoms with Crippen molar-refractivity contribution in [3.63, 3.8) is 0 Å². The van der Waals surface area contributed by atoms with Gasteiger partial charge in [0, 0.05) is 17.5 Å². The smallest absolute Gasteiger partial charge is 0.214 e. The standard InChI is InChI=1S/C22H20N2OS/c1-14-9-10-15(2)17(12-14)22-24-19(16-6-3-4-7-20(16)25-22)13-18(23-24)21-8-5-11-26-21/h3-12,19,22H,13H2,1-2H3. The number of hydrogen-bond acceptors (Lipinski definition) is 4. The molecule has 0 bridgehead atoms. The normalized spacial score (nSPS) is 21.0. The molecule has 0 radical (unpaired) electrons. The average Bonchev–Trinajstić information content (AvgIpc) is 3.32. The number of ether oxygens (including phenoxy) is 1. The van der Waals surface area contributed by atoms with Gasteiger partial charge in [-0.05, 0) is 36.9 Å². The summed E-state index contributed by atoms with van der Waals surface area (Å²) < 4.78 is 6.46. The van der Waals surface area contributed by atoms with Crippen LogP contribution in [0.2, 0.25) is 0 Å². The molecule has 3 nitrogen and oxygen atoms in total. The Labute approximate surface area is 157 Å². The monoisotopic (exact) mass is 360 g/mol. The number of rotatable bonds is 2. The van der Waals surface area contributed by atoms with E-state index in [4.69, 9.17) is 9.84 Å². The van der Waals surface area contributed by atoms with Gasteiger partial charge in [0.15, 0.2) is 0 Å². The first-order valence-electron chi connectivity index (χ1n) is 8.93. The first-order valence-corrected chi connectivity index (χ1v) is 9.81. The van der Waals surface area contributed by atoms with E-state index in [-0.39, 0.29) is 12.3 Å². The van der Waals surface area contributed by atoms with E-state index in [1.54, 1.807) is 11.3 Å². The van der Waals surface area contributed by atoms with Crippen LogP contribution >= 0.6 is 11.3 Å². The fourth-order valence-corrected chi connectivity index (χ4v) is 4.58. The lowest BCUT2D eigenvalue weighted by Gasteiger charge is -2.38. The van der Waals surface area contributed by atoms with Crippen LogP contribution < -0.4 is 4.74 Å². The van der Waals surface area contributed by atoms with Crippen LogP contribution in [-0.4, -0.2) is 10.7 Å². The molecule has 0 saturated carbocycles. The van der Waals surface area contributed by atoms with E-state index in [9.17, 15) is 0 Å². The van der Waals surface area contributed by atoms with Gasteiger partial charge in [0.2, 0.25) is 6.23 Å². The number of para-hydroxylation sites is 1. The van der Waals surface area contributed by atoms with Crippen LogP contribution in [0.15, 0.2) is 65.1 Å². The maximum Gasteiger partial charge on any atom is 0.214 e. The minimum Gasteiger partial charge on any atom is -0.464 e.